The Balaban J connectivity index is 1.18. The third-order valence-electron chi connectivity index (χ3n) is 8.42. The van der Waals surface area contributed by atoms with Crippen LogP contribution in [0.3, 0.4) is 0 Å². The first-order chi connectivity index (χ1) is 21.3. The summed E-state index contributed by atoms with van der Waals surface area (Å²) in [5.74, 6) is -2.42. The summed E-state index contributed by atoms with van der Waals surface area (Å²) in [6, 6.07) is 15.8. The average molecular weight is 615 g/mol. The molecule has 0 spiro atoms. The monoisotopic (exact) mass is 614 g/mol. The molecular formula is C32H25ClF2N6O3. The smallest absolute Gasteiger partial charge is 0.264 e. The predicted molar refractivity (Wildman–Crippen MR) is 158 cm³/mol. The molecule has 12 heteroatoms. The second-order valence-electron chi connectivity index (χ2n) is 11.1. The number of hydrogen-bond donors (Lipinski definition) is 0. The molecule has 2 fully saturated rings. The molecule has 0 aromatic heterocycles. The number of hydrazone groups is 1. The van der Waals surface area contributed by atoms with E-state index in [0.29, 0.717) is 16.3 Å². The van der Waals surface area contributed by atoms with Crippen molar-refractivity contribution in [2.75, 3.05) is 11.4 Å². The first-order valence-corrected chi connectivity index (χ1v) is 14.6. The van der Waals surface area contributed by atoms with Crippen molar-refractivity contribution >= 4 is 46.8 Å². The number of halogens is 3. The normalized spacial score (nSPS) is 25.1. The van der Waals surface area contributed by atoms with E-state index in [1.807, 2.05) is 6.08 Å². The molecule has 7 rings (SSSR count). The van der Waals surface area contributed by atoms with E-state index in [4.69, 9.17) is 16.7 Å². The van der Waals surface area contributed by atoms with E-state index in [-0.39, 0.29) is 18.3 Å². The van der Waals surface area contributed by atoms with Gasteiger partial charge in [-0.15, -0.1) is 0 Å². The van der Waals surface area contributed by atoms with Gasteiger partial charge in [0, 0.05) is 10.9 Å². The third-order valence-corrected chi connectivity index (χ3v) is 8.67. The van der Waals surface area contributed by atoms with Gasteiger partial charge in [-0.05, 0) is 90.6 Å². The number of carbonyl (C=O) groups is 3. The number of anilines is 1. The van der Waals surface area contributed by atoms with Crippen LogP contribution in [0.25, 0.3) is 6.08 Å². The van der Waals surface area contributed by atoms with E-state index in [1.54, 1.807) is 48.5 Å². The molecule has 9 nitrogen and oxygen atoms in total. The number of amides is 3. The highest BCUT2D eigenvalue weighted by atomic mass is 35.5. The van der Waals surface area contributed by atoms with Crippen molar-refractivity contribution in [2.24, 2.45) is 21.4 Å². The van der Waals surface area contributed by atoms with Crippen molar-refractivity contribution < 1.29 is 23.2 Å². The van der Waals surface area contributed by atoms with Crippen LogP contribution in [0.15, 0.2) is 93.8 Å². The zero-order valence-electron chi connectivity index (χ0n) is 23.2. The lowest BCUT2D eigenvalue weighted by Gasteiger charge is -2.30. The fraction of sp³-hybridized carbons (Fsp3) is 0.250. The van der Waals surface area contributed by atoms with E-state index in [9.17, 15) is 23.2 Å². The summed E-state index contributed by atoms with van der Waals surface area (Å²) in [6.45, 7) is -0.351. The van der Waals surface area contributed by atoms with E-state index >= 15 is 0 Å². The molecule has 0 N–H and O–H groups in total. The molecule has 44 heavy (non-hydrogen) atoms. The molecule has 0 bridgehead atoms. The van der Waals surface area contributed by atoms with Crippen molar-refractivity contribution in [3.63, 3.8) is 0 Å². The molecule has 3 aliphatic heterocycles. The Morgan fingerprint density at radius 3 is 2.30 bits per heavy atom. The van der Waals surface area contributed by atoms with Gasteiger partial charge in [-0.2, -0.15) is 10.2 Å². The first-order valence-electron chi connectivity index (χ1n) is 14.2. The van der Waals surface area contributed by atoms with Crippen LogP contribution in [-0.4, -0.2) is 52.1 Å². The maximum absolute atomic E-state index is 14.0. The Morgan fingerprint density at radius 2 is 1.59 bits per heavy atom. The van der Waals surface area contributed by atoms with Crippen molar-refractivity contribution in [2.45, 2.75) is 37.4 Å². The van der Waals surface area contributed by atoms with Gasteiger partial charge in [0.1, 0.15) is 18.2 Å². The fourth-order valence-electron chi connectivity index (χ4n) is 6.37. The first kappa shape index (κ1) is 28.0. The molecule has 0 radical (unpaired) electrons. The summed E-state index contributed by atoms with van der Waals surface area (Å²) < 4.78 is 27.4. The van der Waals surface area contributed by atoms with Crippen LogP contribution in [0.5, 0.6) is 0 Å². The standard InChI is InChI=1S/C32H25ClF2N6O3/c33-21-8-14-24(15-9-21)40-31(43)28-30(32(40)44)39(38-36-28)17-26(42)41-29(19-6-12-23(35)13-7-19)25-3-1-2-20(27(25)37-41)16-18-4-10-22(34)11-5-18/h4-16,25,28-30H,1-3,17H2/b20-16-/t25-,28+,29+,30-/m0/s1. The Hall–Kier alpha value is -4.77. The molecule has 222 valence electrons. The second kappa shape index (κ2) is 11.1. The number of fused-ring (bicyclic) bond motifs is 2. The number of hydrogen-bond acceptors (Lipinski definition) is 7. The third kappa shape index (κ3) is 4.86. The maximum Gasteiger partial charge on any atom is 0.264 e. The van der Waals surface area contributed by atoms with Crippen molar-refractivity contribution in [1.29, 1.82) is 0 Å². The van der Waals surface area contributed by atoms with Gasteiger partial charge in [0.15, 0.2) is 12.1 Å². The predicted octanol–water partition coefficient (Wildman–Crippen LogP) is 5.73. The maximum atomic E-state index is 14.0. The van der Waals surface area contributed by atoms with Crippen LogP contribution < -0.4 is 4.90 Å². The van der Waals surface area contributed by atoms with Gasteiger partial charge in [0.2, 0.25) is 0 Å². The molecule has 4 aliphatic rings. The Kier molecular flexibility index (Phi) is 7.04. The topological polar surface area (TPSA) is 98.0 Å². The van der Waals surface area contributed by atoms with Crippen molar-refractivity contribution in [3.05, 3.63) is 106 Å². The Bertz CT molecular complexity index is 1740. The van der Waals surface area contributed by atoms with Crippen LogP contribution in [-0.2, 0) is 14.4 Å². The number of rotatable bonds is 5. The van der Waals surface area contributed by atoms with Crippen molar-refractivity contribution in [1.82, 2.24) is 10.0 Å². The second-order valence-corrected chi connectivity index (χ2v) is 11.6. The van der Waals surface area contributed by atoms with Crippen LogP contribution in [0.1, 0.15) is 36.4 Å². The molecule has 0 unspecified atom stereocenters. The van der Waals surface area contributed by atoms with Crippen LogP contribution in [0.2, 0.25) is 5.02 Å². The minimum absolute atomic E-state index is 0.159. The Morgan fingerprint density at radius 1 is 0.909 bits per heavy atom. The summed E-state index contributed by atoms with van der Waals surface area (Å²) in [5, 5.41) is 16.0. The summed E-state index contributed by atoms with van der Waals surface area (Å²) in [4.78, 5) is 41.6. The van der Waals surface area contributed by atoms with Gasteiger partial charge >= 0.3 is 0 Å². The SMILES string of the molecule is O=C1[C@@H]2[C@@H](N=NN2CC(=O)N2N=C3/C(=C\c4ccc(F)cc4)CCC[C@@H]3[C@H]2c2ccc(F)cc2)C(=O)N1c1ccc(Cl)cc1. The molecule has 4 atom stereocenters. The molecule has 3 aromatic rings. The lowest BCUT2D eigenvalue weighted by atomic mass is 9.77. The van der Waals surface area contributed by atoms with Crippen LogP contribution >= 0.6 is 11.6 Å². The zero-order chi connectivity index (χ0) is 30.5. The van der Waals surface area contributed by atoms with Gasteiger partial charge in [0.25, 0.3) is 17.7 Å². The lowest BCUT2D eigenvalue weighted by Crippen LogP contribution is -2.45. The molecule has 1 aliphatic carbocycles. The number of imide groups is 1. The van der Waals surface area contributed by atoms with Gasteiger partial charge in [-0.1, -0.05) is 41.1 Å². The number of nitrogens with zero attached hydrogens (tertiary/aromatic N) is 6. The molecule has 3 amide bonds. The lowest BCUT2D eigenvalue weighted by molar-refractivity contribution is -0.136. The summed E-state index contributed by atoms with van der Waals surface area (Å²) in [5.41, 5.74) is 3.56. The highest BCUT2D eigenvalue weighted by Crippen LogP contribution is 2.45. The van der Waals surface area contributed by atoms with E-state index in [0.717, 1.165) is 41.0 Å². The molecule has 3 heterocycles. The highest BCUT2D eigenvalue weighted by molar-refractivity contribution is 6.31. The fourth-order valence-corrected chi connectivity index (χ4v) is 6.50. The van der Waals surface area contributed by atoms with Crippen LogP contribution in [0, 0.1) is 17.6 Å². The summed E-state index contributed by atoms with van der Waals surface area (Å²) >= 11 is 5.98. The minimum Gasteiger partial charge on any atom is -0.271 e. The largest absolute Gasteiger partial charge is 0.271 e. The van der Waals surface area contributed by atoms with Gasteiger partial charge in [-0.25, -0.2) is 18.7 Å². The van der Waals surface area contributed by atoms with Crippen LogP contribution in [0.4, 0.5) is 14.5 Å². The molecule has 1 saturated heterocycles. The molecule has 3 aromatic carbocycles. The summed E-state index contributed by atoms with van der Waals surface area (Å²) in [6.07, 6.45) is 4.28. The Labute approximate surface area is 256 Å². The molecular weight excluding hydrogens is 590 g/mol. The van der Waals surface area contributed by atoms with Gasteiger partial charge < -0.3 is 0 Å². The average Bonchev–Trinajstić information content (AvgIpc) is 3.69. The van der Waals surface area contributed by atoms with Crippen molar-refractivity contribution in [3.8, 4) is 0 Å². The number of benzene rings is 3. The number of allylic oxidation sites excluding steroid dienone is 1. The quantitative estimate of drug-likeness (QED) is 0.343. The zero-order valence-corrected chi connectivity index (χ0v) is 23.9. The minimum atomic E-state index is -1.07. The van der Waals surface area contributed by atoms with E-state index in [2.05, 4.69) is 10.3 Å². The highest BCUT2D eigenvalue weighted by Gasteiger charge is 2.55. The van der Waals surface area contributed by atoms with Gasteiger partial charge in [0.05, 0.1) is 17.4 Å². The molecule has 1 saturated carbocycles. The van der Waals surface area contributed by atoms with Gasteiger partial charge in [-0.3, -0.25) is 19.4 Å². The summed E-state index contributed by atoms with van der Waals surface area (Å²) in [7, 11) is 0. The van der Waals surface area contributed by atoms with E-state index in [1.165, 1.54) is 34.3 Å². The number of carbonyl (C=O) groups excluding carboxylic acids is 3. The van der Waals surface area contributed by atoms with E-state index < -0.39 is 41.7 Å².